The smallest absolute Gasteiger partial charge is 0.253 e. The summed E-state index contributed by atoms with van der Waals surface area (Å²) in [4.78, 5) is 19.1. The first kappa shape index (κ1) is 21.2. The maximum absolute atomic E-state index is 13.6. The number of benzene rings is 2. The lowest BCUT2D eigenvalue weighted by Crippen LogP contribution is -2.39. The first-order chi connectivity index (χ1) is 16.6. The number of hydrogen-bond donors (Lipinski definition) is 1. The van der Waals surface area contributed by atoms with Crippen molar-refractivity contribution in [2.24, 2.45) is 0 Å². The number of fused-ring (bicyclic) bond motifs is 2. The highest BCUT2D eigenvalue weighted by atomic mass is 16.1. The van der Waals surface area contributed by atoms with Crippen LogP contribution in [0.25, 0.3) is 10.9 Å². The normalized spacial score (nSPS) is 17.8. The molecule has 1 aliphatic carbocycles. The molecule has 7 heteroatoms. The van der Waals surface area contributed by atoms with Crippen LogP contribution in [0.5, 0.6) is 0 Å². The van der Waals surface area contributed by atoms with Crippen LogP contribution in [0, 0.1) is 13.8 Å². The van der Waals surface area contributed by atoms with Crippen molar-refractivity contribution in [2.45, 2.75) is 64.6 Å². The van der Waals surface area contributed by atoms with E-state index in [1.165, 1.54) is 29.5 Å². The molecular weight excluding hydrogens is 424 g/mol. The average molecular weight is 455 g/mol. The van der Waals surface area contributed by atoms with Crippen LogP contribution in [0.3, 0.4) is 0 Å². The Kier molecular flexibility index (Phi) is 5.29. The van der Waals surface area contributed by atoms with Crippen LogP contribution < -0.4 is 5.56 Å². The van der Waals surface area contributed by atoms with E-state index in [1.807, 2.05) is 11.6 Å². The van der Waals surface area contributed by atoms with Crippen LogP contribution in [0.1, 0.15) is 71.4 Å². The monoisotopic (exact) mass is 454 g/mol. The third-order valence-corrected chi connectivity index (χ3v) is 7.58. The van der Waals surface area contributed by atoms with Gasteiger partial charge in [-0.15, -0.1) is 5.10 Å². The fourth-order valence-electron chi connectivity index (χ4n) is 5.93. The number of hydrogen-bond acceptors (Lipinski definition) is 5. The number of pyridine rings is 1. The van der Waals surface area contributed by atoms with E-state index in [0.29, 0.717) is 11.6 Å². The van der Waals surface area contributed by atoms with Gasteiger partial charge in [-0.25, -0.2) is 4.68 Å². The standard InChI is InChI=1S/C27H30N6O/c1-17-13-18(2)24-21(14-17)15-23(27(34)28-24)25(26-29-30-31-33(26)22-9-5-6-10-22)32-12-11-19-7-3-4-8-20(19)16-32/h3-4,7-8,13-15,22,25H,5-6,9-12,16H2,1-2H3,(H,28,34). The van der Waals surface area contributed by atoms with Gasteiger partial charge in [-0.1, -0.05) is 48.7 Å². The molecule has 1 fully saturated rings. The van der Waals surface area contributed by atoms with E-state index in [0.717, 1.165) is 54.6 Å². The van der Waals surface area contributed by atoms with Crippen LogP contribution in [-0.4, -0.2) is 36.6 Å². The van der Waals surface area contributed by atoms with E-state index in [4.69, 9.17) is 0 Å². The molecule has 0 spiro atoms. The molecule has 3 heterocycles. The average Bonchev–Trinajstić information content (AvgIpc) is 3.52. The van der Waals surface area contributed by atoms with E-state index in [1.54, 1.807) is 0 Å². The number of H-pyrrole nitrogens is 1. The minimum Gasteiger partial charge on any atom is -0.321 e. The summed E-state index contributed by atoms with van der Waals surface area (Å²) in [5, 5.41) is 14.1. The Morgan fingerprint density at radius 2 is 1.85 bits per heavy atom. The summed E-state index contributed by atoms with van der Waals surface area (Å²) in [6, 6.07) is 14.9. The summed E-state index contributed by atoms with van der Waals surface area (Å²) >= 11 is 0. The van der Waals surface area contributed by atoms with Crippen LogP contribution in [-0.2, 0) is 13.0 Å². The predicted octanol–water partition coefficient (Wildman–Crippen LogP) is 4.39. The zero-order valence-electron chi connectivity index (χ0n) is 19.8. The van der Waals surface area contributed by atoms with Crippen molar-refractivity contribution < 1.29 is 0 Å². The SMILES string of the molecule is Cc1cc(C)c2[nH]c(=O)c(C(c3nnnn3C3CCCC3)N3CCc4ccccc4C3)cc2c1. The minimum atomic E-state index is -0.307. The number of tetrazole rings is 1. The Morgan fingerprint density at radius 3 is 2.68 bits per heavy atom. The zero-order valence-corrected chi connectivity index (χ0v) is 19.8. The highest BCUT2D eigenvalue weighted by Gasteiger charge is 2.34. The molecule has 1 aliphatic heterocycles. The molecule has 6 rings (SSSR count). The van der Waals surface area contributed by atoms with E-state index in [-0.39, 0.29) is 11.6 Å². The summed E-state index contributed by atoms with van der Waals surface area (Å²) in [5.74, 6) is 0.778. The van der Waals surface area contributed by atoms with Crippen LogP contribution in [0.15, 0.2) is 47.3 Å². The topological polar surface area (TPSA) is 79.7 Å². The third kappa shape index (κ3) is 3.64. The number of nitrogens with zero attached hydrogens (tertiary/aromatic N) is 5. The molecule has 2 aromatic carbocycles. The summed E-state index contributed by atoms with van der Waals surface area (Å²) in [6.45, 7) is 5.76. The summed E-state index contributed by atoms with van der Waals surface area (Å²) in [5.41, 5.74) is 6.50. The third-order valence-electron chi connectivity index (χ3n) is 7.58. The van der Waals surface area contributed by atoms with Crippen LogP contribution >= 0.6 is 0 Å². The van der Waals surface area contributed by atoms with Gasteiger partial charge in [-0.05, 0) is 77.7 Å². The van der Waals surface area contributed by atoms with Crippen molar-refractivity contribution in [1.82, 2.24) is 30.1 Å². The maximum atomic E-state index is 13.6. The van der Waals surface area contributed by atoms with E-state index >= 15 is 0 Å². The van der Waals surface area contributed by atoms with Gasteiger partial charge in [-0.2, -0.15) is 0 Å². The largest absolute Gasteiger partial charge is 0.321 e. The van der Waals surface area contributed by atoms with Crippen molar-refractivity contribution in [2.75, 3.05) is 6.54 Å². The summed E-state index contributed by atoms with van der Waals surface area (Å²) in [7, 11) is 0. The van der Waals surface area contributed by atoms with Crippen molar-refractivity contribution in [3.8, 4) is 0 Å². The Balaban J connectivity index is 1.52. The highest BCUT2D eigenvalue weighted by Crippen LogP contribution is 2.36. The molecule has 0 amide bonds. The first-order valence-electron chi connectivity index (χ1n) is 12.3. The Hall–Kier alpha value is -3.32. The zero-order chi connectivity index (χ0) is 23.2. The van der Waals surface area contributed by atoms with Gasteiger partial charge >= 0.3 is 0 Å². The Labute approximate surface area is 198 Å². The number of aromatic amines is 1. The molecule has 174 valence electrons. The molecule has 7 nitrogen and oxygen atoms in total. The van der Waals surface area contributed by atoms with Gasteiger partial charge in [0.1, 0.15) is 6.04 Å². The second-order valence-corrected chi connectivity index (χ2v) is 9.91. The molecule has 2 aromatic heterocycles. The van der Waals surface area contributed by atoms with Gasteiger partial charge in [0, 0.05) is 18.7 Å². The maximum Gasteiger partial charge on any atom is 0.253 e. The molecule has 1 atom stereocenters. The number of nitrogens with one attached hydrogen (secondary N) is 1. The lowest BCUT2D eigenvalue weighted by Gasteiger charge is -2.35. The van der Waals surface area contributed by atoms with Crippen LogP contribution in [0.2, 0.25) is 0 Å². The van der Waals surface area contributed by atoms with Crippen molar-refractivity contribution in [1.29, 1.82) is 0 Å². The summed E-state index contributed by atoms with van der Waals surface area (Å²) in [6.07, 6.45) is 5.50. The van der Waals surface area contributed by atoms with Gasteiger partial charge < -0.3 is 4.98 Å². The molecule has 34 heavy (non-hydrogen) atoms. The van der Waals surface area contributed by atoms with E-state index in [9.17, 15) is 4.79 Å². The number of aromatic nitrogens is 5. The second kappa shape index (κ2) is 8.47. The van der Waals surface area contributed by atoms with Gasteiger partial charge in [-0.3, -0.25) is 9.69 Å². The Bertz CT molecular complexity index is 1410. The van der Waals surface area contributed by atoms with Gasteiger partial charge in [0.25, 0.3) is 5.56 Å². The lowest BCUT2D eigenvalue weighted by molar-refractivity contribution is 0.190. The lowest BCUT2D eigenvalue weighted by atomic mass is 9.95. The molecule has 4 aromatic rings. The fraction of sp³-hybridized carbons (Fsp3) is 0.407. The number of rotatable bonds is 4. The minimum absolute atomic E-state index is 0.0655. The predicted molar refractivity (Wildman–Crippen MR) is 132 cm³/mol. The van der Waals surface area contributed by atoms with Gasteiger partial charge in [0.2, 0.25) is 0 Å². The molecule has 0 radical (unpaired) electrons. The Morgan fingerprint density at radius 1 is 1.06 bits per heavy atom. The second-order valence-electron chi connectivity index (χ2n) is 9.91. The van der Waals surface area contributed by atoms with Crippen molar-refractivity contribution in [3.63, 3.8) is 0 Å². The molecule has 1 saturated carbocycles. The molecule has 0 bridgehead atoms. The first-order valence-corrected chi connectivity index (χ1v) is 12.3. The molecule has 2 aliphatic rings. The van der Waals surface area contributed by atoms with E-state index < -0.39 is 0 Å². The quantitative estimate of drug-likeness (QED) is 0.495. The van der Waals surface area contributed by atoms with Crippen molar-refractivity contribution in [3.05, 3.63) is 86.5 Å². The highest BCUT2D eigenvalue weighted by molar-refractivity contribution is 5.83. The van der Waals surface area contributed by atoms with Gasteiger partial charge in [0.15, 0.2) is 5.82 Å². The molecular formula is C27H30N6O. The number of aryl methyl sites for hydroxylation is 2. The summed E-state index contributed by atoms with van der Waals surface area (Å²) < 4.78 is 2.00. The molecule has 1 unspecified atom stereocenters. The van der Waals surface area contributed by atoms with Crippen LogP contribution in [0.4, 0.5) is 0 Å². The molecule has 1 N–H and O–H groups in total. The van der Waals surface area contributed by atoms with Crippen molar-refractivity contribution >= 4 is 10.9 Å². The fourth-order valence-corrected chi connectivity index (χ4v) is 5.93. The van der Waals surface area contributed by atoms with Gasteiger partial charge in [0.05, 0.1) is 11.6 Å². The van der Waals surface area contributed by atoms with E-state index in [2.05, 4.69) is 74.8 Å². The molecule has 0 saturated heterocycles.